The minimum Gasteiger partial charge on any atom is -0.328 e. The molecule has 0 saturated carbocycles. The van der Waals surface area contributed by atoms with E-state index in [0.29, 0.717) is 49.5 Å². The smallest absolute Gasteiger partial charge is 0.257 e. The first-order valence-electron chi connectivity index (χ1n) is 10.3. The molecule has 0 bridgehead atoms. The second-order valence-corrected chi connectivity index (χ2v) is 8.81. The Kier molecular flexibility index (Phi) is 6.00. The van der Waals surface area contributed by atoms with E-state index in [2.05, 4.69) is 20.6 Å². The normalized spacial score (nSPS) is 15.0. The van der Waals surface area contributed by atoms with Crippen LogP contribution in [0, 0.1) is 0 Å². The summed E-state index contributed by atoms with van der Waals surface area (Å²) in [4.78, 5) is 22.3. The van der Waals surface area contributed by atoms with Gasteiger partial charge in [0.2, 0.25) is 5.95 Å². The predicted molar refractivity (Wildman–Crippen MR) is 134 cm³/mol. The van der Waals surface area contributed by atoms with Crippen molar-refractivity contribution in [2.45, 2.75) is 13.0 Å². The topological polar surface area (TPSA) is 84.7 Å². The Morgan fingerprint density at radius 2 is 1.82 bits per heavy atom. The molecule has 2 aromatic heterocycles. The fraction of sp³-hybridized carbons (Fsp3) is 0.0833. The number of nitrogens with one attached hydrogen (secondary N) is 2. The summed E-state index contributed by atoms with van der Waals surface area (Å²) in [5, 5.41) is 12.1. The van der Waals surface area contributed by atoms with E-state index in [9.17, 15) is 4.79 Å². The molecule has 1 aliphatic heterocycles. The van der Waals surface area contributed by atoms with Gasteiger partial charge in [0, 0.05) is 28.0 Å². The van der Waals surface area contributed by atoms with Crippen LogP contribution in [-0.2, 0) is 4.79 Å². The Bertz CT molecular complexity index is 1420. The zero-order valence-corrected chi connectivity index (χ0v) is 20.0. The average Bonchev–Trinajstić information content (AvgIpc) is 3.25. The van der Waals surface area contributed by atoms with Crippen molar-refractivity contribution in [1.29, 1.82) is 0 Å². The van der Waals surface area contributed by atoms with Crippen molar-refractivity contribution in [1.82, 2.24) is 19.7 Å². The molecule has 0 radical (unpaired) electrons. The molecular weight excluding hydrogens is 495 g/mol. The number of amides is 1. The van der Waals surface area contributed by atoms with Gasteiger partial charge in [-0.3, -0.25) is 4.79 Å². The maximum absolute atomic E-state index is 13.5. The molecular formula is C24H17Cl3N6O. The molecule has 10 heteroatoms. The molecule has 0 unspecified atom stereocenters. The molecule has 1 amide bonds. The number of carbonyl (C=O) groups is 1. The molecule has 5 rings (SSSR count). The molecule has 7 nitrogen and oxygen atoms in total. The van der Waals surface area contributed by atoms with E-state index in [1.165, 1.54) is 0 Å². The number of hydrogen-bond donors (Lipinski definition) is 2. The van der Waals surface area contributed by atoms with E-state index in [1.807, 2.05) is 18.2 Å². The first kappa shape index (κ1) is 22.4. The summed E-state index contributed by atoms with van der Waals surface area (Å²) in [7, 11) is 0. The van der Waals surface area contributed by atoms with Crippen LogP contribution in [-0.4, -0.2) is 25.7 Å². The second-order valence-electron chi connectivity index (χ2n) is 7.59. The van der Waals surface area contributed by atoms with Gasteiger partial charge in [-0.2, -0.15) is 4.98 Å². The van der Waals surface area contributed by atoms with Gasteiger partial charge in [0.25, 0.3) is 5.91 Å². The summed E-state index contributed by atoms with van der Waals surface area (Å²) >= 11 is 19.0. The van der Waals surface area contributed by atoms with Gasteiger partial charge in [0.1, 0.15) is 11.9 Å². The Balaban J connectivity index is 1.64. The molecule has 1 atom stereocenters. The van der Waals surface area contributed by atoms with Crippen molar-refractivity contribution < 1.29 is 4.79 Å². The lowest BCUT2D eigenvalue weighted by Crippen LogP contribution is -2.31. The van der Waals surface area contributed by atoms with Crippen LogP contribution in [0.25, 0.3) is 11.4 Å². The zero-order chi connectivity index (χ0) is 23.8. The van der Waals surface area contributed by atoms with Gasteiger partial charge in [-0.15, -0.1) is 5.10 Å². The lowest BCUT2D eigenvalue weighted by Gasteiger charge is -2.29. The highest BCUT2D eigenvalue weighted by molar-refractivity contribution is 6.42. The zero-order valence-electron chi connectivity index (χ0n) is 17.8. The van der Waals surface area contributed by atoms with Crippen LogP contribution in [0.5, 0.6) is 0 Å². The third-order valence-corrected chi connectivity index (χ3v) is 6.47. The molecule has 1 aliphatic rings. The first-order chi connectivity index (χ1) is 16.4. The summed E-state index contributed by atoms with van der Waals surface area (Å²) in [5.41, 5.74) is 2.42. The lowest BCUT2D eigenvalue weighted by atomic mass is 9.95. The summed E-state index contributed by atoms with van der Waals surface area (Å²) in [6.45, 7) is 1.80. The number of nitrogens with zero attached hydrogens (tertiary/aromatic N) is 4. The molecule has 4 aromatic rings. The van der Waals surface area contributed by atoms with Crippen molar-refractivity contribution in [2.24, 2.45) is 0 Å². The van der Waals surface area contributed by atoms with Crippen LogP contribution in [0.4, 0.5) is 11.8 Å². The number of allylic oxidation sites excluding steroid dienone is 1. The van der Waals surface area contributed by atoms with Gasteiger partial charge >= 0.3 is 0 Å². The molecule has 0 spiro atoms. The molecule has 34 heavy (non-hydrogen) atoms. The van der Waals surface area contributed by atoms with Gasteiger partial charge in [0.15, 0.2) is 5.82 Å². The molecule has 2 aromatic carbocycles. The van der Waals surface area contributed by atoms with Crippen molar-refractivity contribution in [3.05, 3.63) is 98.8 Å². The van der Waals surface area contributed by atoms with E-state index < -0.39 is 6.04 Å². The van der Waals surface area contributed by atoms with Crippen LogP contribution in [0.2, 0.25) is 15.1 Å². The molecule has 3 heterocycles. The second kappa shape index (κ2) is 9.10. The van der Waals surface area contributed by atoms with E-state index in [-0.39, 0.29) is 5.91 Å². The lowest BCUT2D eigenvalue weighted by molar-refractivity contribution is -0.113. The standard InChI is InChI=1S/C24H17Cl3N6O/c1-13-19(23(34)30-18-7-2-3-12-28-18)21(16-5-4-6-17(26)20(16)27)33-24(29-13)31-22(32-33)14-8-10-15(25)11-9-14/h2-12,21H,1H3,(H,28,30,34)(H,29,31,32)/t21-/m0/s1. The van der Waals surface area contributed by atoms with E-state index in [1.54, 1.807) is 60.3 Å². The number of benzene rings is 2. The number of halogens is 3. The van der Waals surface area contributed by atoms with Crippen LogP contribution >= 0.6 is 34.8 Å². The highest BCUT2D eigenvalue weighted by Crippen LogP contribution is 2.41. The van der Waals surface area contributed by atoms with Gasteiger partial charge < -0.3 is 10.6 Å². The minimum absolute atomic E-state index is 0.335. The van der Waals surface area contributed by atoms with Crippen LogP contribution in [0.1, 0.15) is 18.5 Å². The Morgan fingerprint density at radius 3 is 2.56 bits per heavy atom. The minimum atomic E-state index is -0.681. The molecule has 0 aliphatic carbocycles. The first-order valence-corrected chi connectivity index (χ1v) is 11.4. The molecule has 0 fully saturated rings. The van der Waals surface area contributed by atoms with Crippen molar-refractivity contribution in [2.75, 3.05) is 10.6 Å². The Labute approximate surface area is 210 Å². The molecule has 170 valence electrons. The van der Waals surface area contributed by atoms with Crippen molar-refractivity contribution in [3.63, 3.8) is 0 Å². The Morgan fingerprint density at radius 1 is 1.03 bits per heavy atom. The van der Waals surface area contributed by atoms with E-state index in [4.69, 9.17) is 39.9 Å². The maximum Gasteiger partial charge on any atom is 0.257 e. The predicted octanol–water partition coefficient (Wildman–Crippen LogP) is 6.23. The van der Waals surface area contributed by atoms with Crippen LogP contribution in [0.3, 0.4) is 0 Å². The summed E-state index contributed by atoms with van der Waals surface area (Å²) in [6.07, 6.45) is 1.61. The van der Waals surface area contributed by atoms with Crippen molar-refractivity contribution in [3.8, 4) is 11.4 Å². The van der Waals surface area contributed by atoms with E-state index in [0.717, 1.165) is 5.56 Å². The number of anilines is 2. The average molecular weight is 512 g/mol. The Hall–Kier alpha value is -3.39. The maximum atomic E-state index is 13.5. The summed E-state index contributed by atoms with van der Waals surface area (Å²) < 4.78 is 1.64. The highest BCUT2D eigenvalue weighted by Gasteiger charge is 2.36. The van der Waals surface area contributed by atoms with Gasteiger partial charge in [0.05, 0.1) is 15.6 Å². The number of pyridine rings is 1. The van der Waals surface area contributed by atoms with Crippen LogP contribution < -0.4 is 10.6 Å². The molecule has 2 N–H and O–H groups in total. The highest BCUT2D eigenvalue weighted by atomic mass is 35.5. The fourth-order valence-electron chi connectivity index (χ4n) is 3.81. The number of rotatable bonds is 4. The third kappa shape index (κ3) is 4.14. The van der Waals surface area contributed by atoms with E-state index >= 15 is 0 Å². The summed E-state index contributed by atoms with van der Waals surface area (Å²) in [5.74, 6) is 1.02. The fourth-order valence-corrected chi connectivity index (χ4v) is 4.34. The number of aromatic nitrogens is 4. The number of hydrogen-bond acceptors (Lipinski definition) is 5. The summed E-state index contributed by atoms with van der Waals surface area (Å²) in [6, 6.07) is 17.1. The number of fused-ring (bicyclic) bond motifs is 1. The quantitative estimate of drug-likeness (QED) is 0.339. The van der Waals surface area contributed by atoms with Gasteiger partial charge in [-0.25, -0.2) is 9.67 Å². The largest absolute Gasteiger partial charge is 0.328 e. The SMILES string of the molecule is CC1=C(C(=O)Nc2ccccn2)[C@H](c2cccc(Cl)c2Cl)n2nc(-c3ccc(Cl)cc3)nc2N1. The van der Waals surface area contributed by atoms with Gasteiger partial charge in [-0.05, 0) is 49.4 Å². The monoisotopic (exact) mass is 510 g/mol. The third-order valence-electron chi connectivity index (χ3n) is 5.38. The molecule has 0 saturated heterocycles. The van der Waals surface area contributed by atoms with Crippen LogP contribution in [0.15, 0.2) is 78.1 Å². The number of carbonyl (C=O) groups excluding carboxylic acids is 1. The van der Waals surface area contributed by atoms with Gasteiger partial charge in [-0.1, -0.05) is 53.0 Å². The van der Waals surface area contributed by atoms with Crippen molar-refractivity contribution >= 4 is 52.5 Å².